The van der Waals surface area contributed by atoms with Gasteiger partial charge >= 0.3 is 0 Å². The van der Waals surface area contributed by atoms with Crippen molar-refractivity contribution in [1.82, 2.24) is 19.8 Å². The normalized spacial score (nSPS) is 30.3. The van der Waals surface area contributed by atoms with E-state index in [2.05, 4.69) is 26.7 Å². The fourth-order valence-electron chi connectivity index (χ4n) is 6.15. The molecule has 0 unspecified atom stereocenters. The molecule has 0 aromatic carbocycles. The molecule has 30 heavy (non-hydrogen) atoms. The van der Waals surface area contributed by atoms with Gasteiger partial charge in [-0.15, -0.1) is 11.3 Å². The topological polar surface area (TPSA) is 66.4 Å². The monoisotopic (exact) mass is 424 g/mol. The molecule has 2 aromatic rings. The molecule has 7 heteroatoms. The summed E-state index contributed by atoms with van der Waals surface area (Å²) in [6.45, 7) is 6.56. The van der Waals surface area contributed by atoms with Crippen LogP contribution in [0.5, 0.6) is 0 Å². The summed E-state index contributed by atoms with van der Waals surface area (Å²) < 4.78 is 0. The maximum Gasteiger partial charge on any atom is 0.266 e. The third-order valence-corrected chi connectivity index (χ3v) is 8.65. The lowest BCUT2D eigenvalue weighted by atomic mass is 9.71. The number of amides is 2. The Bertz CT molecular complexity index is 990. The summed E-state index contributed by atoms with van der Waals surface area (Å²) >= 11 is 1.46. The van der Waals surface area contributed by atoms with E-state index in [9.17, 15) is 9.59 Å². The van der Waals surface area contributed by atoms with Gasteiger partial charge in [0, 0.05) is 48.9 Å². The van der Waals surface area contributed by atoms with Crippen LogP contribution in [0.3, 0.4) is 0 Å². The van der Waals surface area contributed by atoms with Crippen molar-refractivity contribution in [2.45, 2.75) is 71.0 Å². The zero-order valence-electron chi connectivity index (χ0n) is 17.8. The number of carbonyl (C=O) groups is 2. The van der Waals surface area contributed by atoms with Crippen LogP contribution in [0.2, 0.25) is 0 Å². The Morgan fingerprint density at radius 1 is 1.23 bits per heavy atom. The molecule has 3 aliphatic rings. The second kappa shape index (κ2) is 7.15. The van der Waals surface area contributed by atoms with Crippen molar-refractivity contribution in [2.24, 2.45) is 5.41 Å². The van der Waals surface area contributed by atoms with E-state index in [1.807, 2.05) is 19.1 Å². The van der Waals surface area contributed by atoms with Gasteiger partial charge in [0.2, 0.25) is 5.91 Å². The van der Waals surface area contributed by atoms with Crippen molar-refractivity contribution in [3.63, 3.8) is 0 Å². The largest absolute Gasteiger partial charge is 0.337 e. The van der Waals surface area contributed by atoms with E-state index < -0.39 is 0 Å². The van der Waals surface area contributed by atoms with Crippen molar-refractivity contribution in [2.75, 3.05) is 6.54 Å². The highest BCUT2D eigenvalue weighted by molar-refractivity contribution is 7.17. The maximum atomic E-state index is 13.9. The third-order valence-electron chi connectivity index (χ3n) is 7.45. The highest BCUT2D eigenvalue weighted by Gasteiger charge is 2.60. The van der Waals surface area contributed by atoms with Crippen LogP contribution in [0.25, 0.3) is 10.6 Å². The van der Waals surface area contributed by atoms with Crippen molar-refractivity contribution in [3.05, 3.63) is 35.1 Å². The number of likely N-dealkylation sites (tertiary alicyclic amines) is 2. The lowest BCUT2D eigenvalue weighted by molar-refractivity contribution is -0.136. The van der Waals surface area contributed by atoms with Gasteiger partial charge in [0.25, 0.3) is 5.91 Å². The van der Waals surface area contributed by atoms with E-state index >= 15 is 0 Å². The van der Waals surface area contributed by atoms with E-state index in [0.717, 1.165) is 53.2 Å². The Morgan fingerprint density at radius 2 is 2.00 bits per heavy atom. The summed E-state index contributed by atoms with van der Waals surface area (Å²) in [6, 6.07) is 4.39. The summed E-state index contributed by atoms with van der Waals surface area (Å²) in [5.74, 6) is 0.226. The molecule has 2 aliphatic heterocycles. The first kappa shape index (κ1) is 19.7. The summed E-state index contributed by atoms with van der Waals surface area (Å²) in [5.41, 5.74) is 1.70. The van der Waals surface area contributed by atoms with Gasteiger partial charge in [0.15, 0.2) is 0 Å². The van der Waals surface area contributed by atoms with Gasteiger partial charge in [0.05, 0.1) is 11.7 Å². The first-order valence-electron chi connectivity index (χ1n) is 10.9. The fourth-order valence-corrected chi connectivity index (χ4v) is 7.15. The first-order valence-corrected chi connectivity index (χ1v) is 11.7. The van der Waals surface area contributed by atoms with Gasteiger partial charge in [-0.2, -0.15) is 0 Å². The second-order valence-corrected chi connectivity index (χ2v) is 10.2. The predicted molar refractivity (Wildman–Crippen MR) is 116 cm³/mol. The molecule has 1 saturated carbocycles. The van der Waals surface area contributed by atoms with Crippen LogP contribution in [-0.4, -0.2) is 56.3 Å². The Hall–Kier alpha value is -2.28. The van der Waals surface area contributed by atoms with Crippen LogP contribution in [0.4, 0.5) is 0 Å². The molecule has 0 N–H and O–H groups in total. The summed E-state index contributed by atoms with van der Waals surface area (Å²) in [6.07, 6.45) is 8.83. The standard InChI is InChI=1S/C23H28N4O2S/c1-14-20(30-21(25-14)16-7-6-10-24-12-16)22(29)27-17-11-23(3)18(26(13-17)15(2)28)8-4-5-9-19(23)27/h6-7,10,12,17-19H,4-5,8-9,11,13H2,1-3H3/t17-,18+,19-,23+/m0/s1. The van der Waals surface area contributed by atoms with Crippen LogP contribution in [-0.2, 0) is 4.79 Å². The first-order chi connectivity index (χ1) is 14.4. The molecule has 2 amide bonds. The van der Waals surface area contributed by atoms with Gasteiger partial charge in [-0.05, 0) is 38.3 Å². The second-order valence-electron chi connectivity index (χ2n) is 9.24. The number of fused-ring (bicyclic) bond motifs is 1. The number of piperidine rings is 1. The number of aromatic nitrogens is 2. The molecule has 2 aromatic heterocycles. The summed E-state index contributed by atoms with van der Waals surface area (Å²) in [7, 11) is 0. The van der Waals surface area contributed by atoms with E-state index in [-0.39, 0.29) is 35.4 Å². The van der Waals surface area contributed by atoms with Gasteiger partial charge in [-0.3, -0.25) is 14.6 Å². The molecule has 1 aliphatic carbocycles. The quantitative estimate of drug-likeness (QED) is 0.733. The predicted octanol–water partition coefficient (Wildman–Crippen LogP) is 3.91. The molecular weight excluding hydrogens is 396 g/mol. The van der Waals surface area contributed by atoms with E-state index in [1.54, 1.807) is 19.3 Å². The van der Waals surface area contributed by atoms with Crippen molar-refractivity contribution >= 4 is 23.2 Å². The van der Waals surface area contributed by atoms with Crippen LogP contribution in [0, 0.1) is 12.3 Å². The molecule has 2 saturated heterocycles. The minimum Gasteiger partial charge on any atom is -0.337 e. The third kappa shape index (κ3) is 2.89. The minimum absolute atomic E-state index is 0.0223. The van der Waals surface area contributed by atoms with Crippen LogP contribution in [0.1, 0.15) is 61.3 Å². The Labute approximate surface area is 181 Å². The van der Waals surface area contributed by atoms with Gasteiger partial charge in [-0.1, -0.05) is 19.8 Å². The summed E-state index contributed by atoms with van der Waals surface area (Å²) in [5, 5.41) is 0.835. The van der Waals surface area contributed by atoms with Gasteiger partial charge in [-0.25, -0.2) is 4.98 Å². The number of carbonyl (C=O) groups excluding carboxylic acids is 2. The molecule has 0 radical (unpaired) electrons. The molecule has 2 bridgehead atoms. The van der Waals surface area contributed by atoms with E-state index in [4.69, 9.17) is 0 Å². The lowest BCUT2D eigenvalue weighted by Crippen LogP contribution is -2.55. The minimum atomic E-state index is -0.0223. The average molecular weight is 425 g/mol. The molecular formula is C23H28N4O2S. The van der Waals surface area contributed by atoms with Crippen LogP contribution in [0.15, 0.2) is 24.5 Å². The fraction of sp³-hybridized carbons (Fsp3) is 0.565. The Morgan fingerprint density at radius 3 is 2.70 bits per heavy atom. The molecule has 5 rings (SSSR count). The SMILES string of the molecule is CC(=O)N1C[C@@H]2C[C@@]3(C)[C@H](CCCC[C@@H]13)N2C(=O)c1sc(-c2cccnc2)nc1C. The number of hydrogen-bond acceptors (Lipinski definition) is 5. The van der Waals surface area contributed by atoms with Gasteiger partial charge in [0.1, 0.15) is 9.88 Å². The summed E-state index contributed by atoms with van der Waals surface area (Å²) in [4.78, 5) is 40.1. The number of rotatable bonds is 2. The number of pyridine rings is 1. The van der Waals surface area contributed by atoms with Crippen molar-refractivity contribution in [1.29, 1.82) is 0 Å². The zero-order chi connectivity index (χ0) is 21.0. The van der Waals surface area contributed by atoms with Crippen molar-refractivity contribution < 1.29 is 9.59 Å². The maximum absolute atomic E-state index is 13.9. The number of aryl methyl sites for hydroxylation is 1. The van der Waals surface area contributed by atoms with Crippen molar-refractivity contribution in [3.8, 4) is 10.6 Å². The molecule has 3 fully saturated rings. The smallest absolute Gasteiger partial charge is 0.266 e. The number of thiazole rings is 1. The molecule has 158 valence electrons. The number of nitrogens with zero attached hydrogens (tertiary/aromatic N) is 4. The molecule has 4 heterocycles. The molecule has 0 spiro atoms. The van der Waals surface area contributed by atoms with E-state index in [0.29, 0.717) is 6.54 Å². The lowest BCUT2D eigenvalue weighted by Gasteiger charge is -2.46. The highest BCUT2D eigenvalue weighted by atomic mass is 32.1. The van der Waals surface area contributed by atoms with Gasteiger partial charge < -0.3 is 9.80 Å². The average Bonchev–Trinajstić information content (AvgIpc) is 3.16. The molecule has 6 nitrogen and oxygen atoms in total. The van der Waals surface area contributed by atoms with Crippen LogP contribution < -0.4 is 0 Å². The molecule has 4 atom stereocenters. The Kier molecular flexibility index (Phi) is 4.69. The zero-order valence-corrected chi connectivity index (χ0v) is 18.6. The highest BCUT2D eigenvalue weighted by Crippen LogP contribution is 2.54. The Balaban J connectivity index is 1.52. The van der Waals surface area contributed by atoms with Crippen LogP contribution >= 0.6 is 11.3 Å². The van der Waals surface area contributed by atoms with E-state index in [1.165, 1.54) is 11.3 Å². The number of hydrogen-bond donors (Lipinski definition) is 0.